The molecule has 3 heteroatoms. The van der Waals surface area contributed by atoms with E-state index in [0.717, 1.165) is 0 Å². The molecule has 62 valence electrons. The third-order valence-electron chi connectivity index (χ3n) is 1.26. The summed E-state index contributed by atoms with van der Waals surface area (Å²) in [6.45, 7) is 4.91. The summed E-state index contributed by atoms with van der Waals surface area (Å²) in [6.07, 6.45) is 1.54. The minimum atomic E-state index is -1.19. The largest absolute Gasteiger partial charge is 0.478 e. The Bertz CT molecular complexity index is 194. The van der Waals surface area contributed by atoms with Crippen molar-refractivity contribution in [3.05, 3.63) is 24.1 Å². The molecule has 0 rings (SSSR count). The van der Waals surface area contributed by atoms with Crippen LogP contribution in [-0.2, 0) is 4.79 Å². The van der Waals surface area contributed by atoms with Crippen molar-refractivity contribution in [2.75, 3.05) is 0 Å². The number of allylic oxidation sites excluding steroid dienone is 2. The highest BCUT2D eigenvalue weighted by atomic mass is 19.1. The second-order valence-electron chi connectivity index (χ2n) is 2.03. The molecule has 0 aromatic heterocycles. The molecule has 0 aromatic carbocycles. The zero-order chi connectivity index (χ0) is 8.85. The number of carboxylic acids is 1. The third-order valence-corrected chi connectivity index (χ3v) is 1.26. The van der Waals surface area contributed by atoms with Crippen molar-refractivity contribution in [3.63, 3.8) is 0 Å². The lowest BCUT2D eigenvalue weighted by Gasteiger charge is -1.98. The molecule has 0 saturated carbocycles. The van der Waals surface area contributed by atoms with Crippen LogP contribution in [0, 0.1) is 0 Å². The Morgan fingerprint density at radius 1 is 1.73 bits per heavy atom. The van der Waals surface area contributed by atoms with Crippen LogP contribution in [0.3, 0.4) is 0 Å². The van der Waals surface area contributed by atoms with Gasteiger partial charge in [0, 0.05) is 6.42 Å². The van der Waals surface area contributed by atoms with Crippen molar-refractivity contribution in [1.29, 1.82) is 0 Å². The Hall–Kier alpha value is -1.12. The molecule has 0 aliphatic rings. The van der Waals surface area contributed by atoms with Gasteiger partial charge < -0.3 is 5.11 Å². The fourth-order valence-electron chi connectivity index (χ4n) is 0.709. The predicted molar refractivity (Wildman–Crippen MR) is 40.9 cm³/mol. The number of rotatable bonds is 4. The summed E-state index contributed by atoms with van der Waals surface area (Å²) in [5.41, 5.74) is -0.162. The van der Waals surface area contributed by atoms with Gasteiger partial charge in [0.15, 0.2) is 0 Å². The molecule has 0 aliphatic heterocycles. The molecular weight excluding hydrogens is 147 g/mol. The van der Waals surface area contributed by atoms with Crippen LogP contribution in [0.15, 0.2) is 24.1 Å². The Morgan fingerprint density at radius 3 is 2.55 bits per heavy atom. The molecule has 0 unspecified atom stereocenters. The molecule has 0 saturated heterocycles. The van der Waals surface area contributed by atoms with E-state index in [1.54, 1.807) is 6.92 Å². The zero-order valence-corrected chi connectivity index (χ0v) is 6.43. The molecule has 1 N–H and O–H groups in total. The van der Waals surface area contributed by atoms with Gasteiger partial charge in [0.05, 0.1) is 5.57 Å². The Labute approximate surface area is 65.0 Å². The van der Waals surface area contributed by atoms with E-state index in [9.17, 15) is 9.18 Å². The van der Waals surface area contributed by atoms with Gasteiger partial charge in [-0.3, -0.25) is 0 Å². The van der Waals surface area contributed by atoms with Gasteiger partial charge in [-0.15, -0.1) is 6.58 Å². The van der Waals surface area contributed by atoms with E-state index < -0.39 is 11.8 Å². The minimum Gasteiger partial charge on any atom is -0.478 e. The first-order chi connectivity index (χ1) is 5.13. The van der Waals surface area contributed by atoms with E-state index in [1.807, 2.05) is 0 Å². The molecule has 0 radical (unpaired) electrons. The van der Waals surface area contributed by atoms with Gasteiger partial charge in [0.25, 0.3) is 0 Å². The quantitative estimate of drug-likeness (QED) is 0.503. The summed E-state index contributed by atoms with van der Waals surface area (Å²) in [5, 5.41) is 8.44. The molecule has 0 fully saturated rings. The molecular formula is C8H11FO2. The average molecular weight is 158 g/mol. The van der Waals surface area contributed by atoms with Crippen LogP contribution in [0.4, 0.5) is 4.39 Å². The highest BCUT2D eigenvalue weighted by molar-refractivity contribution is 5.87. The van der Waals surface area contributed by atoms with Crippen LogP contribution in [0.25, 0.3) is 0 Å². The number of carboxylic acid groups (broad SMARTS) is 1. The molecule has 11 heavy (non-hydrogen) atoms. The van der Waals surface area contributed by atoms with Crippen LogP contribution < -0.4 is 0 Å². The smallest absolute Gasteiger partial charge is 0.334 e. The second kappa shape index (κ2) is 4.66. The molecule has 0 spiro atoms. The molecule has 0 aliphatic carbocycles. The summed E-state index contributed by atoms with van der Waals surface area (Å²) >= 11 is 0. The van der Waals surface area contributed by atoms with Crippen molar-refractivity contribution in [1.82, 2.24) is 0 Å². The number of halogens is 1. The van der Waals surface area contributed by atoms with Gasteiger partial charge >= 0.3 is 5.97 Å². The van der Waals surface area contributed by atoms with Crippen LogP contribution in [0.1, 0.15) is 19.8 Å². The van der Waals surface area contributed by atoms with Crippen molar-refractivity contribution >= 4 is 5.97 Å². The van der Waals surface area contributed by atoms with Gasteiger partial charge in [0.1, 0.15) is 5.83 Å². The van der Waals surface area contributed by atoms with Crippen molar-refractivity contribution in [3.8, 4) is 0 Å². The maximum absolute atomic E-state index is 12.7. The minimum absolute atomic E-state index is 0.00449. The lowest BCUT2D eigenvalue weighted by atomic mass is 10.1. The molecule has 0 heterocycles. The van der Waals surface area contributed by atoms with E-state index in [0.29, 0.717) is 0 Å². The van der Waals surface area contributed by atoms with Crippen LogP contribution in [0.5, 0.6) is 0 Å². The zero-order valence-electron chi connectivity index (χ0n) is 6.43. The maximum atomic E-state index is 12.7. The molecule has 0 atom stereocenters. The van der Waals surface area contributed by atoms with Gasteiger partial charge in [-0.05, 0) is 6.42 Å². The molecule has 2 nitrogen and oxygen atoms in total. The lowest BCUT2D eigenvalue weighted by Crippen LogP contribution is -2.01. The summed E-state index contributed by atoms with van der Waals surface area (Å²) in [4.78, 5) is 10.3. The predicted octanol–water partition coefficient (Wildman–Crippen LogP) is 2.28. The average Bonchev–Trinajstić information content (AvgIpc) is 1.88. The van der Waals surface area contributed by atoms with E-state index >= 15 is 0 Å². The molecule has 0 aromatic rings. The van der Waals surface area contributed by atoms with Crippen molar-refractivity contribution in [2.45, 2.75) is 19.8 Å². The SMILES string of the molecule is C=CCC(F)=C(CC)C(=O)O. The first kappa shape index (κ1) is 9.88. The van der Waals surface area contributed by atoms with Crippen LogP contribution in [-0.4, -0.2) is 11.1 Å². The number of hydrogen-bond donors (Lipinski definition) is 1. The number of carbonyl (C=O) groups is 1. The summed E-state index contributed by atoms with van der Waals surface area (Å²) in [7, 11) is 0. The first-order valence-electron chi connectivity index (χ1n) is 3.35. The molecule has 0 bridgehead atoms. The lowest BCUT2D eigenvalue weighted by molar-refractivity contribution is -0.132. The van der Waals surface area contributed by atoms with Crippen LogP contribution in [0.2, 0.25) is 0 Å². The van der Waals surface area contributed by atoms with Gasteiger partial charge in [-0.2, -0.15) is 0 Å². The number of aliphatic carboxylic acids is 1. The monoisotopic (exact) mass is 158 g/mol. The second-order valence-corrected chi connectivity index (χ2v) is 2.03. The summed E-state index contributed by atoms with van der Waals surface area (Å²) in [6, 6.07) is 0. The third kappa shape index (κ3) is 2.98. The fraction of sp³-hybridized carbons (Fsp3) is 0.375. The van der Waals surface area contributed by atoms with Crippen LogP contribution >= 0.6 is 0 Å². The Balaban J connectivity index is 4.52. The first-order valence-corrected chi connectivity index (χ1v) is 3.35. The normalized spacial score (nSPS) is 12.2. The topological polar surface area (TPSA) is 37.3 Å². The van der Waals surface area contributed by atoms with Crippen molar-refractivity contribution in [2.24, 2.45) is 0 Å². The van der Waals surface area contributed by atoms with Gasteiger partial charge in [-0.25, -0.2) is 9.18 Å². The Kier molecular flexibility index (Phi) is 4.18. The van der Waals surface area contributed by atoms with E-state index in [-0.39, 0.29) is 18.4 Å². The van der Waals surface area contributed by atoms with Crippen molar-refractivity contribution < 1.29 is 14.3 Å². The maximum Gasteiger partial charge on any atom is 0.334 e. The summed E-state index contributed by atoms with van der Waals surface area (Å²) in [5.74, 6) is -1.79. The molecule has 0 amide bonds. The van der Waals surface area contributed by atoms with Gasteiger partial charge in [-0.1, -0.05) is 13.0 Å². The highest BCUT2D eigenvalue weighted by Gasteiger charge is 2.10. The fourth-order valence-corrected chi connectivity index (χ4v) is 0.709. The standard InChI is InChI=1S/C8H11FO2/c1-3-5-7(9)6(4-2)8(10)11/h3H,1,4-5H2,2H3,(H,10,11). The van der Waals surface area contributed by atoms with E-state index in [1.165, 1.54) is 6.08 Å². The highest BCUT2D eigenvalue weighted by Crippen LogP contribution is 2.14. The van der Waals surface area contributed by atoms with Gasteiger partial charge in [0.2, 0.25) is 0 Å². The summed E-state index contributed by atoms with van der Waals surface area (Å²) < 4.78 is 12.7. The van der Waals surface area contributed by atoms with E-state index in [2.05, 4.69) is 6.58 Å². The number of hydrogen-bond acceptors (Lipinski definition) is 1. The Morgan fingerprint density at radius 2 is 2.27 bits per heavy atom. The van der Waals surface area contributed by atoms with E-state index in [4.69, 9.17) is 5.11 Å².